The van der Waals surface area contributed by atoms with Gasteiger partial charge in [-0.3, -0.25) is 4.68 Å². The number of urea groups is 1. The first-order valence-corrected chi connectivity index (χ1v) is 10.8. The number of benzene rings is 2. The van der Waals surface area contributed by atoms with Gasteiger partial charge < -0.3 is 15.4 Å². The van der Waals surface area contributed by atoms with Crippen molar-refractivity contribution in [2.24, 2.45) is 7.05 Å². The molecule has 2 aromatic carbocycles. The zero-order chi connectivity index (χ0) is 22.6. The SMILES string of the molecule is Cn1ncc(Br)c1C1(OCc2ccccc2)C=CC=C(NC(=O)Nc2ccc(F)cc2)C1. The summed E-state index contributed by atoms with van der Waals surface area (Å²) >= 11 is 3.59. The second-order valence-electron chi connectivity index (χ2n) is 7.44. The number of rotatable bonds is 6. The molecular formula is C24H22BrFN4O2. The Kier molecular flexibility index (Phi) is 6.53. The Morgan fingerprint density at radius 3 is 2.62 bits per heavy atom. The van der Waals surface area contributed by atoms with Gasteiger partial charge in [0.25, 0.3) is 0 Å². The zero-order valence-electron chi connectivity index (χ0n) is 17.4. The number of hydrogen-bond acceptors (Lipinski definition) is 3. The Balaban J connectivity index is 1.54. The average Bonchev–Trinajstić information content (AvgIpc) is 3.13. The molecule has 1 aromatic heterocycles. The van der Waals surface area contributed by atoms with E-state index in [9.17, 15) is 9.18 Å². The third-order valence-corrected chi connectivity index (χ3v) is 5.71. The Hall–Kier alpha value is -3.23. The van der Waals surface area contributed by atoms with Crippen LogP contribution in [0.4, 0.5) is 14.9 Å². The Bertz CT molecular complexity index is 1140. The van der Waals surface area contributed by atoms with Crippen molar-refractivity contribution >= 4 is 27.6 Å². The van der Waals surface area contributed by atoms with Crippen molar-refractivity contribution < 1.29 is 13.9 Å². The molecule has 1 aliphatic carbocycles. The van der Waals surface area contributed by atoms with Crippen LogP contribution in [0, 0.1) is 5.82 Å². The molecule has 1 atom stereocenters. The second kappa shape index (κ2) is 9.50. The van der Waals surface area contributed by atoms with Crippen LogP contribution in [0.2, 0.25) is 0 Å². The van der Waals surface area contributed by atoms with Crippen LogP contribution in [0.25, 0.3) is 0 Å². The summed E-state index contributed by atoms with van der Waals surface area (Å²) in [5.74, 6) is -0.363. The highest BCUT2D eigenvalue weighted by Gasteiger charge is 2.38. The number of halogens is 2. The molecule has 0 saturated carbocycles. The number of aryl methyl sites for hydroxylation is 1. The summed E-state index contributed by atoms with van der Waals surface area (Å²) in [5, 5.41) is 9.93. The Morgan fingerprint density at radius 1 is 1.19 bits per heavy atom. The van der Waals surface area contributed by atoms with Crippen molar-refractivity contribution in [3.05, 3.63) is 106 Å². The molecule has 1 heterocycles. The molecule has 32 heavy (non-hydrogen) atoms. The topological polar surface area (TPSA) is 68.2 Å². The van der Waals surface area contributed by atoms with E-state index in [0.717, 1.165) is 15.7 Å². The smallest absolute Gasteiger partial charge is 0.323 e. The number of carbonyl (C=O) groups excluding carboxylic acids is 1. The lowest BCUT2D eigenvalue weighted by Crippen LogP contribution is -2.37. The van der Waals surface area contributed by atoms with Gasteiger partial charge in [0.1, 0.15) is 11.4 Å². The van der Waals surface area contributed by atoms with Gasteiger partial charge in [-0.1, -0.05) is 36.4 Å². The Morgan fingerprint density at radius 2 is 1.94 bits per heavy atom. The fourth-order valence-electron chi connectivity index (χ4n) is 3.65. The summed E-state index contributed by atoms with van der Waals surface area (Å²) < 4.78 is 22.2. The van der Waals surface area contributed by atoms with Crippen LogP contribution in [0.1, 0.15) is 17.7 Å². The van der Waals surface area contributed by atoms with Gasteiger partial charge in [-0.25, -0.2) is 9.18 Å². The van der Waals surface area contributed by atoms with Crippen LogP contribution < -0.4 is 10.6 Å². The number of allylic oxidation sites excluding steroid dienone is 2. The number of nitrogens with zero attached hydrogens (tertiary/aromatic N) is 2. The van der Waals surface area contributed by atoms with E-state index in [4.69, 9.17) is 4.74 Å². The highest BCUT2D eigenvalue weighted by atomic mass is 79.9. The first kappa shape index (κ1) is 22.0. The molecule has 1 aliphatic rings. The lowest BCUT2D eigenvalue weighted by atomic mass is 9.89. The van der Waals surface area contributed by atoms with Crippen LogP contribution in [-0.4, -0.2) is 15.8 Å². The van der Waals surface area contributed by atoms with Gasteiger partial charge in [0.15, 0.2) is 0 Å². The number of amides is 2. The van der Waals surface area contributed by atoms with Crippen LogP contribution in [0.3, 0.4) is 0 Å². The highest BCUT2D eigenvalue weighted by Crippen LogP contribution is 2.40. The molecule has 0 saturated heterocycles. The molecule has 4 rings (SSSR count). The normalized spacial score (nSPS) is 17.7. The second-order valence-corrected chi connectivity index (χ2v) is 8.30. The standard InChI is InChI=1S/C24H22BrFN4O2/c1-30-22(21(25)15-27-30)24(32-16-17-6-3-2-4-7-17)13-5-8-20(14-24)29-23(31)28-19-11-9-18(26)10-12-19/h2-13,15H,14,16H2,1H3,(H2,28,29,31). The minimum absolute atomic E-state index is 0.363. The number of carbonyl (C=O) groups is 1. The fraction of sp³-hybridized carbons (Fsp3) is 0.167. The molecular weight excluding hydrogens is 475 g/mol. The predicted octanol–water partition coefficient (Wildman–Crippen LogP) is 5.40. The van der Waals surface area contributed by atoms with Crippen molar-refractivity contribution in [3.63, 3.8) is 0 Å². The molecule has 2 amide bonds. The molecule has 2 N–H and O–H groups in total. The van der Waals surface area contributed by atoms with Gasteiger partial charge in [-0.15, -0.1) is 0 Å². The summed E-state index contributed by atoms with van der Waals surface area (Å²) in [6.45, 7) is 0.387. The number of aromatic nitrogens is 2. The maximum absolute atomic E-state index is 13.1. The molecule has 0 spiro atoms. The first-order chi connectivity index (χ1) is 15.4. The largest absolute Gasteiger partial charge is 0.359 e. The van der Waals surface area contributed by atoms with Crippen molar-refractivity contribution in [1.82, 2.24) is 15.1 Å². The van der Waals surface area contributed by atoms with E-state index >= 15 is 0 Å². The molecule has 6 nitrogen and oxygen atoms in total. The number of hydrogen-bond donors (Lipinski definition) is 2. The van der Waals surface area contributed by atoms with E-state index < -0.39 is 11.6 Å². The van der Waals surface area contributed by atoms with Gasteiger partial charge in [0, 0.05) is 24.9 Å². The van der Waals surface area contributed by atoms with Gasteiger partial charge in [0.2, 0.25) is 0 Å². The van der Waals surface area contributed by atoms with E-state index in [-0.39, 0.29) is 5.82 Å². The summed E-state index contributed by atoms with van der Waals surface area (Å²) in [5.41, 5.74) is 2.21. The molecule has 164 valence electrons. The molecule has 1 unspecified atom stereocenters. The highest BCUT2D eigenvalue weighted by molar-refractivity contribution is 9.10. The van der Waals surface area contributed by atoms with Crippen LogP contribution in [-0.2, 0) is 24.0 Å². The van der Waals surface area contributed by atoms with E-state index in [2.05, 4.69) is 31.7 Å². The van der Waals surface area contributed by atoms with Crippen molar-refractivity contribution in [1.29, 1.82) is 0 Å². The lowest BCUT2D eigenvalue weighted by molar-refractivity contribution is -0.0320. The van der Waals surface area contributed by atoms with E-state index in [1.54, 1.807) is 10.9 Å². The summed E-state index contributed by atoms with van der Waals surface area (Å²) in [6.07, 6.45) is 7.79. The van der Waals surface area contributed by atoms with Crippen molar-refractivity contribution in [2.75, 3.05) is 5.32 Å². The molecule has 8 heteroatoms. The van der Waals surface area contributed by atoms with Crippen LogP contribution >= 0.6 is 15.9 Å². The molecule has 0 aliphatic heterocycles. The molecule has 0 bridgehead atoms. The van der Waals surface area contributed by atoms with Gasteiger partial charge >= 0.3 is 6.03 Å². The summed E-state index contributed by atoms with van der Waals surface area (Å²) in [6, 6.07) is 15.1. The maximum atomic E-state index is 13.1. The summed E-state index contributed by atoms with van der Waals surface area (Å²) in [7, 11) is 1.86. The quantitative estimate of drug-likeness (QED) is 0.480. The minimum Gasteiger partial charge on any atom is -0.359 e. The van der Waals surface area contributed by atoms with Crippen LogP contribution in [0.15, 0.2) is 89.2 Å². The number of anilines is 1. The predicted molar refractivity (Wildman–Crippen MR) is 124 cm³/mol. The zero-order valence-corrected chi connectivity index (χ0v) is 19.0. The van der Waals surface area contributed by atoms with Gasteiger partial charge in [-0.05, 0) is 57.9 Å². The third kappa shape index (κ3) is 4.98. The van der Waals surface area contributed by atoms with E-state index in [0.29, 0.717) is 24.4 Å². The van der Waals surface area contributed by atoms with Gasteiger partial charge in [0.05, 0.1) is 23.0 Å². The fourth-order valence-corrected chi connectivity index (χ4v) is 4.33. The van der Waals surface area contributed by atoms with E-state index in [1.165, 1.54) is 24.3 Å². The molecule has 0 fully saturated rings. The van der Waals surface area contributed by atoms with Crippen molar-refractivity contribution in [2.45, 2.75) is 18.6 Å². The summed E-state index contributed by atoms with van der Waals surface area (Å²) in [4.78, 5) is 12.5. The molecule has 3 aromatic rings. The Labute approximate surface area is 193 Å². The minimum atomic E-state index is -0.840. The van der Waals surface area contributed by atoms with Crippen LogP contribution in [0.5, 0.6) is 0 Å². The first-order valence-electron chi connectivity index (χ1n) is 10.0. The average molecular weight is 497 g/mol. The molecule has 0 radical (unpaired) electrons. The third-order valence-electron chi connectivity index (χ3n) is 5.13. The number of nitrogens with one attached hydrogen (secondary N) is 2. The van der Waals surface area contributed by atoms with E-state index in [1.807, 2.05) is 55.6 Å². The van der Waals surface area contributed by atoms with Gasteiger partial charge in [-0.2, -0.15) is 5.10 Å². The number of ether oxygens (including phenoxy) is 1. The maximum Gasteiger partial charge on any atom is 0.323 e. The lowest BCUT2D eigenvalue weighted by Gasteiger charge is -2.34. The monoisotopic (exact) mass is 496 g/mol. The van der Waals surface area contributed by atoms with Crippen molar-refractivity contribution in [3.8, 4) is 0 Å².